The highest BCUT2D eigenvalue weighted by Crippen LogP contribution is 2.22. The van der Waals surface area contributed by atoms with E-state index in [1.807, 2.05) is 44.4 Å². The Kier molecular flexibility index (Phi) is 4.34. The van der Waals surface area contributed by atoms with E-state index in [2.05, 4.69) is 22.4 Å². The molecule has 1 aromatic carbocycles. The lowest BCUT2D eigenvalue weighted by atomic mass is 10.00. The van der Waals surface area contributed by atoms with Crippen molar-refractivity contribution in [2.24, 2.45) is 0 Å². The molecule has 1 unspecified atom stereocenters. The quantitative estimate of drug-likeness (QED) is 0.910. The van der Waals surface area contributed by atoms with Crippen molar-refractivity contribution < 1.29 is 0 Å². The molecular weight excluding hydrogens is 244 g/mol. The third-order valence-corrected chi connectivity index (χ3v) is 3.44. The second kappa shape index (κ2) is 5.98. The lowest BCUT2D eigenvalue weighted by Gasteiger charge is -2.17. The fourth-order valence-electron chi connectivity index (χ4n) is 1.96. The second-order valence-corrected chi connectivity index (χ2v) is 4.78. The summed E-state index contributed by atoms with van der Waals surface area (Å²) in [5.41, 5.74) is 3.37. The van der Waals surface area contributed by atoms with Gasteiger partial charge in [0.1, 0.15) is 0 Å². The molecule has 2 aromatic rings. The molecule has 0 aliphatic heterocycles. The summed E-state index contributed by atoms with van der Waals surface area (Å²) in [5, 5.41) is 4.13. The number of likely N-dealkylation sites (N-methyl/N-ethyl adjacent to an activating group) is 1. The van der Waals surface area contributed by atoms with Crippen LogP contribution in [-0.4, -0.2) is 12.0 Å². The molecule has 0 amide bonds. The van der Waals surface area contributed by atoms with E-state index in [1.165, 1.54) is 5.56 Å². The number of hydrogen-bond donors (Lipinski definition) is 1. The number of aromatic nitrogens is 1. The van der Waals surface area contributed by atoms with Gasteiger partial charge in [-0.3, -0.25) is 4.98 Å². The minimum absolute atomic E-state index is 0.234. The van der Waals surface area contributed by atoms with Crippen LogP contribution in [0.1, 0.15) is 22.9 Å². The van der Waals surface area contributed by atoms with Gasteiger partial charge in [0.05, 0.1) is 0 Å². The Labute approximate surface area is 113 Å². The zero-order valence-electron chi connectivity index (χ0n) is 10.7. The van der Waals surface area contributed by atoms with E-state index in [4.69, 9.17) is 11.6 Å². The fraction of sp³-hybridized carbons (Fsp3) is 0.267. The normalized spacial score (nSPS) is 12.4. The van der Waals surface area contributed by atoms with E-state index in [1.54, 1.807) is 0 Å². The average molecular weight is 261 g/mol. The molecule has 2 nitrogen and oxygen atoms in total. The van der Waals surface area contributed by atoms with Crippen LogP contribution < -0.4 is 5.32 Å². The maximum absolute atomic E-state index is 6.19. The lowest BCUT2D eigenvalue weighted by Crippen LogP contribution is -2.19. The molecule has 0 fully saturated rings. The van der Waals surface area contributed by atoms with Crippen molar-refractivity contribution in [2.45, 2.75) is 19.4 Å². The largest absolute Gasteiger partial charge is 0.313 e. The van der Waals surface area contributed by atoms with Crippen LogP contribution in [0.15, 0.2) is 42.6 Å². The molecule has 0 aliphatic rings. The SMILES string of the molecule is CNC(Cc1ccccc1Cl)c1ccc(C)nc1. The van der Waals surface area contributed by atoms with Crippen molar-refractivity contribution in [3.8, 4) is 0 Å². The number of rotatable bonds is 4. The molecule has 0 bridgehead atoms. The molecule has 1 N–H and O–H groups in total. The van der Waals surface area contributed by atoms with Crippen LogP contribution in [0.4, 0.5) is 0 Å². The van der Waals surface area contributed by atoms with Gasteiger partial charge in [0, 0.05) is 23.0 Å². The number of nitrogens with zero attached hydrogens (tertiary/aromatic N) is 1. The van der Waals surface area contributed by atoms with Crippen molar-refractivity contribution in [1.29, 1.82) is 0 Å². The summed E-state index contributed by atoms with van der Waals surface area (Å²) in [6, 6.07) is 12.3. The highest BCUT2D eigenvalue weighted by Gasteiger charge is 2.12. The molecule has 0 spiro atoms. The smallest absolute Gasteiger partial charge is 0.0438 e. The minimum atomic E-state index is 0.234. The van der Waals surface area contributed by atoms with Gasteiger partial charge < -0.3 is 5.32 Å². The molecule has 94 valence electrons. The molecule has 1 heterocycles. The third-order valence-electron chi connectivity index (χ3n) is 3.07. The highest BCUT2D eigenvalue weighted by atomic mass is 35.5. The standard InChI is InChI=1S/C15H17ClN2/c1-11-7-8-13(10-18-11)15(17-2)9-12-5-3-4-6-14(12)16/h3-8,10,15,17H,9H2,1-2H3. The first-order chi connectivity index (χ1) is 8.70. The Morgan fingerprint density at radius 2 is 2.00 bits per heavy atom. The molecule has 18 heavy (non-hydrogen) atoms. The summed E-state index contributed by atoms with van der Waals surface area (Å²) in [7, 11) is 1.96. The fourth-order valence-corrected chi connectivity index (χ4v) is 2.17. The first-order valence-corrected chi connectivity index (χ1v) is 6.41. The molecule has 0 aliphatic carbocycles. The van der Waals surface area contributed by atoms with E-state index in [0.29, 0.717) is 0 Å². The Morgan fingerprint density at radius 1 is 1.22 bits per heavy atom. The Bertz CT molecular complexity index is 508. The average Bonchev–Trinajstić information content (AvgIpc) is 2.39. The summed E-state index contributed by atoms with van der Waals surface area (Å²) in [6.07, 6.45) is 2.79. The van der Waals surface area contributed by atoms with Gasteiger partial charge >= 0.3 is 0 Å². The topological polar surface area (TPSA) is 24.9 Å². The predicted octanol–water partition coefficient (Wildman–Crippen LogP) is 3.55. The van der Waals surface area contributed by atoms with Crippen molar-refractivity contribution >= 4 is 11.6 Å². The molecule has 3 heteroatoms. The van der Waals surface area contributed by atoms with Crippen molar-refractivity contribution in [3.05, 3.63) is 64.4 Å². The maximum atomic E-state index is 6.19. The zero-order valence-corrected chi connectivity index (χ0v) is 11.4. The molecule has 1 atom stereocenters. The van der Waals surface area contributed by atoms with Crippen LogP contribution in [0.25, 0.3) is 0 Å². The first-order valence-electron chi connectivity index (χ1n) is 6.04. The zero-order chi connectivity index (χ0) is 13.0. The van der Waals surface area contributed by atoms with Crippen molar-refractivity contribution in [3.63, 3.8) is 0 Å². The maximum Gasteiger partial charge on any atom is 0.0438 e. The molecule has 0 saturated carbocycles. The van der Waals surface area contributed by atoms with Crippen LogP contribution in [0, 0.1) is 6.92 Å². The summed E-state index contributed by atoms with van der Waals surface area (Å²) >= 11 is 6.19. The lowest BCUT2D eigenvalue weighted by molar-refractivity contribution is 0.590. The predicted molar refractivity (Wildman–Crippen MR) is 75.9 cm³/mol. The Morgan fingerprint density at radius 3 is 2.61 bits per heavy atom. The van der Waals surface area contributed by atoms with Crippen LogP contribution >= 0.6 is 11.6 Å². The van der Waals surface area contributed by atoms with E-state index < -0.39 is 0 Å². The van der Waals surface area contributed by atoms with Crippen LogP contribution in [0.2, 0.25) is 5.02 Å². The molecule has 1 aromatic heterocycles. The second-order valence-electron chi connectivity index (χ2n) is 4.37. The summed E-state index contributed by atoms with van der Waals surface area (Å²) in [4.78, 5) is 4.34. The molecule has 0 radical (unpaired) electrons. The number of pyridine rings is 1. The number of halogens is 1. The summed E-state index contributed by atoms with van der Waals surface area (Å²) in [6.45, 7) is 1.99. The molecule has 0 saturated heterocycles. The number of aryl methyl sites for hydroxylation is 1. The van der Waals surface area contributed by atoms with Gasteiger partial charge in [0.2, 0.25) is 0 Å². The summed E-state index contributed by atoms with van der Waals surface area (Å²) < 4.78 is 0. The number of nitrogens with one attached hydrogen (secondary N) is 1. The van der Waals surface area contributed by atoms with Gasteiger partial charge in [0.25, 0.3) is 0 Å². The third kappa shape index (κ3) is 3.09. The monoisotopic (exact) mass is 260 g/mol. The highest BCUT2D eigenvalue weighted by molar-refractivity contribution is 6.31. The molecular formula is C15H17ClN2. The van der Waals surface area contributed by atoms with Crippen molar-refractivity contribution in [2.75, 3.05) is 7.05 Å². The van der Waals surface area contributed by atoms with Crippen LogP contribution in [0.5, 0.6) is 0 Å². The molecule has 2 rings (SSSR count). The van der Waals surface area contributed by atoms with E-state index >= 15 is 0 Å². The van der Waals surface area contributed by atoms with E-state index in [0.717, 1.165) is 22.7 Å². The van der Waals surface area contributed by atoms with E-state index in [9.17, 15) is 0 Å². The van der Waals surface area contributed by atoms with E-state index in [-0.39, 0.29) is 6.04 Å². The number of hydrogen-bond acceptors (Lipinski definition) is 2. The van der Waals surface area contributed by atoms with Gasteiger partial charge in [0.15, 0.2) is 0 Å². The number of benzene rings is 1. The minimum Gasteiger partial charge on any atom is -0.313 e. The summed E-state index contributed by atoms with van der Waals surface area (Å²) in [5.74, 6) is 0. The van der Waals surface area contributed by atoms with Crippen LogP contribution in [-0.2, 0) is 6.42 Å². The van der Waals surface area contributed by atoms with Gasteiger partial charge in [-0.05, 0) is 43.7 Å². The Hall–Kier alpha value is -1.38. The van der Waals surface area contributed by atoms with Gasteiger partial charge in [-0.2, -0.15) is 0 Å². The van der Waals surface area contributed by atoms with Gasteiger partial charge in [-0.25, -0.2) is 0 Å². The van der Waals surface area contributed by atoms with Crippen LogP contribution in [0.3, 0.4) is 0 Å². The first kappa shape index (κ1) is 13.1. The van der Waals surface area contributed by atoms with Gasteiger partial charge in [-0.15, -0.1) is 0 Å². The van der Waals surface area contributed by atoms with Crippen molar-refractivity contribution in [1.82, 2.24) is 10.3 Å². The Balaban J connectivity index is 2.20. The van der Waals surface area contributed by atoms with Gasteiger partial charge in [-0.1, -0.05) is 35.9 Å².